The zero-order valence-electron chi connectivity index (χ0n) is 12.6. The first-order chi connectivity index (χ1) is 9.85. The van der Waals surface area contributed by atoms with Crippen molar-refractivity contribution in [3.8, 4) is 0 Å². The fourth-order valence-electron chi connectivity index (χ4n) is 1.87. The van der Waals surface area contributed by atoms with Crippen molar-refractivity contribution in [1.29, 1.82) is 0 Å². The van der Waals surface area contributed by atoms with Gasteiger partial charge in [-0.1, -0.05) is 20.8 Å². The fourth-order valence-corrected chi connectivity index (χ4v) is 1.87. The maximum Gasteiger partial charge on any atom is 0.414 e. The molecule has 2 N–H and O–H groups in total. The molecular weight excluding hydrogens is 270 g/mol. The minimum absolute atomic E-state index is 0.0390. The standard InChI is InChI=1S/C15H21N3O3/c1-15(2,3)10-16-13(19)17-11-4-6-12(7-5-11)18-8-9-21-14(18)20/h4-7H,8-10H2,1-3H3,(H2,16,17,19). The van der Waals surface area contributed by atoms with Gasteiger partial charge in [0.2, 0.25) is 0 Å². The summed E-state index contributed by atoms with van der Waals surface area (Å²) in [5.41, 5.74) is 1.48. The third-order valence-electron chi connectivity index (χ3n) is 2.98. The Hall–Kier alpha value is -2.24. The Morgan fingerprint density at radius 2 is 1.95 bits per heavy atom. The molecule has 0 saturated carbocycles. The van der Waals surface area contributed by atoms with Crippen molar-refractivity contribution in [1.82, 2.24) is 5.32 Å². The van der Waals surface area contributed by atoms with Gasteiger partial charge in [-0.3, -0.25) is 4.90 Å². The molecule has 0 aromatic heterocycles. The Labute approximate surface area is 124 Å². The first-order valence-corrected chi connectivity index (χ1v) is 6.94. The molecule has 1 aliphatic rings. The maximum atomic E-state index is 11.7. The zero-order valence-corrected chi connectivity index (χ0v) is 12.6. The van der Waals surface area contributed by atoms with E-state index in [0.29, 0.717) is 25.4 Å². The number of hydrogen-bond acceptors (Lipinski definition) is 3. The van der Waals surface area contributed by atoms with E-state index >= 15 is 0 Å². The number of cyclic esters (lactones) is 1. The zero-order chi connectivity index (χ0) is 15.5. The van der Waals surface area contributed by atoms with Gasteiger partial charge in [-0.15, -0.1) is 0 Å². The Morgan fingerprint density at radius 1 is 1.29 bits per heavy atom. The van der Waals surface area contributed by atoms with Crippen molar-refractivity contribution in [2.75, 3.05) is 29.9 Å². The van der Waals surface area contributed by atoms with Gasteiger partial charge in [-0.05, 0) is 29.7 Å². The van der Waals surface area contributed by atoms with E-state index in [0.717, 1.165) is 5.69 Å². The van der Waals surface area contributed by atoms with E-state index in [4.69, 9.17) is 4.74 Å². The van der Waals surface area contributed by atoms with Gasteiger partial charge in [-0.2, -0.15) is 0 Å². The molecule has 1 aliphatic heterocycles. The Kier molecular flexibility index (Phi) is 4.35. The molecule has 1 aromatic carbocycles. The van der Waals surface area contributed by atoms with E-state index < -0.39 is 0 Å². The highest BCUT2D eigenvalue weighted by atomic mass is 16.6. The van der Waals surface area contributed by atoms with Crippen LogP contribution in [0.2, 0.25) is 0 Å². The van der Waals surface area contributed by atoms with Crippen molar-refractivity contribution >= 4 is 23.5 Å². The van der Waals surface area contributed by atoms with Crippen LogP contribution in [0.25, 0.3) is 0 Å². The molecule has 21 heavy (non-hydrogen) atoms. The molecule has 1 saturated heterocycles. The number of benzene rings is 1. The van der Waals surface area contributed by atoms with Crippen LogP contribution in [0.4, 0.5) is 21.0 Å². The normalized spacial score (nSPS) is 14.8. The molecule has 114 valence electrons. The molecule has 0 spiro atoms. The maximum absolute atomic E-state index is 11.7. The largest absolute Gasteiger partial charge is 0.447 e. The van der Waals surface area contributed by atoms with E-state index in [9.17, 15) is 9.59 Å². The molecule has 0 bridgehead atoms. The number of urea groups is 1. The average molecular weight is 291 g/mol. The van der Waals surface area contributed by atoms with Crippen LogP contribution in [0.1, 0.15) is 20.8 Å². The lowest BCUT2D eigenvalue weighted by Gasteiger charge is -2.19. The first-order valence-electron chi connectivity index (χ1n) is 6.94. The molecule has 1 aromatic rings. The average Bonchev–Trinajstić information content (AvgIpc) is 2.83. The van der Waals surface area contributed by atoms with Crippen LogP contribution >= 0.6 is 0 Å². The van der Waals surface area contributed by atoms with Gasteiger partial charge in [0.05, 0.1) is 6.54 Å². The third-order valence-corrected chi connectivity index (χ3v) is 2.98. The van der Waals surface area contributed by atoms with Gasteiger partial charge in [0.25, 0.3) is 0 Å². The van der Waals surface area contributed by atoms with Gasteiger partial charge in [-0.25, -0.2) is 9.59 Å². The molecule has 0 unspecified atom stereocenters. The second-order valence-corrected chi connectivity index (χ2v) is 6.18. The van der Waals surface area contributed by atoms with Crippen LogP contribution < -0.4 is 15.5 Å². The number of nitrogens with one attached hydrogen (secondary N) is 2. The lowest BCUT2D eigenvalue weighted by Crippen LogP contribution is -2.35. The summed E-state index contributed by atoms with van der Waals surface area (Å²) in [4.78, 5) is 24.7. The number of ether oxygens (including phenoxy) is 1. The number of amides is 3. The van der Waals surface area contributed by atoms with Crippen molar-refractivity contribution in [2.24, 2.45) is 5.41 Å². The van der Waals surface area contributed by atoms with Crippen LogP contribution in [0.3, 0.4) is 0 Å². The SMILES string of the molecule is CC(C)(C)CNC(=O)Nc1ccc(N2CCOC2=O)cc1. The molecule has 6 heteroatoms. The van der Waals surface area contributed by atoms with E-state index in [1.165, 1.54) is 0 Å². The fraction of sp³-hybridized carbons (Fsp3) is 0.467. The highest BCUT2D eigenvalue weighted by molar-refractivity contribution is 5.91. The summed E-state index contributed by atoms with van der Waals surface area (Å²) in [5.74, 6) is 0. The number of carbonyl (C=O) groups is 2. The van der Waals surface area contributed by atoms with E-state index in [1.807, 2.05) is 0 Å². The van der Waals surface area contributed by atoms with Crippen molar-refractivity contribution in [3.05, 3.63) is 24.3 Å². The topological polar surface area (TPSA) is 70.7 Å². The second kappa shape index (κ2) is 6.03. The summed E-state index contributed by atoms with van der Waals surface area (Å²) in [6.07, 6.45) is -0.335. The van der Waals surface area contributed by atoms with Crippen LogP contribution in [0.15, 0.2) is 24.3 Å². The van der Waals surface area contributed by atoms with Crippen molar-refractivity contribution in [3.63, 3.8) is 0 Å². The summed E-state index contributed by atoms with van der Waals surface area (Å²) in [6, 6.07) is 6.85. The van der Waals surface area contributed by atoms with Crippen LogP contribution in [-0.2, 0) is 4.74 Å². The molecule has 1 heterocycles. The number of anilines is 2. The molecule has 0 atom stereocenters. The number of rotatable bonds is 3. The lowest BCUT2D eigenvalue weighted by molar-refractivity contribution is 0.181. The van der Waals surface area contributed by atoms with Crippen LogP contribution in [0.5, 0.6) is 0 Å². The van der Waals surface area contributed by atoms with Crippen LogP contribution in [0, 0.1) is 5.41 Å². The summed E-state index contributed by atoms with van der Waals surface area (Å²) in [7, 11) is 0. The Morgan fingerprint density at radius 3 is 2.48 bits per heavy atom. The molecular formula is C15H21N3O3. The van der Waals surface area contributed by atoms with Gasteiger partial charge < -0.3 is 15.4 Å². The molecule has 1 fully saturated rings. The van der Waals surface area contributed by atoms with E-state index in [1.54, 1.807) is 29.2 Å². The third kappa shape index (κ3) is 4.37. The second-order valence-electron chi connectivity index (χ2n) is 6.18. The molecule has 6 nitrogen and oxygen atoms in total. The molecule has 0 radical (unpaired) electrons. The van der Waals surface area contributed by atoms with Gasteiger partial charge in [0.15, 0.2) is 0 Å². The number of carbonyl (C=O) groups excluding carboxylic acids is 2. The summed E-state index contributed by atoms with van der Waals surface area (Å²) >= 11 is 0. The highest BCUT2D eigenvalue weighted by Crippen LogP contribution is 2.21. The predicted octanol–water partition coefficient (Wildman–Crippen LogP) is 2.81. The summed E-state index contributed by atoms with van der Waals surface area (Å²) in [6.45, 7) is 7.72. The van der Waals surface area contributed by atoms with Crippen LogP contribution in [-0.4, -0.2) is 31.8 Å². The molecule has 0 aliphatic carbocycles. The summed E-state index contributed by atoms with van der Waals surface area (Å²) in [5, 5.41) is 5.57. The predicted molar refractivity (Wildman–Crippen MR) is 81.6 cm³/mol. The quantitative estimate of drug-likeness (QED) is 0.899. The Balaban J connectivity index is 1.90. The lowest BCUT2D eigenvalue weighted by atomic mass is 9.97. The van der Waals surface area contributed by atoms with Crippen molar-refractivity contribution in [2.45, 2.75) is 20.8 Å². The number of nitrogens with zero attached hydrogens (tertiary/aromatic N) is 1. The van der Waals surface area contributed by atoms with Gasteiger partial charge in [0.1, 0.15) is 6.61 Å². The smallest absolute Gasteiger partial charge is 0.414 e. The molecule has 2 rings (SSSR count). The van der Waals surface area contributed by atoms with Gasteiger partial charge in [0, 0.05) is 17.9 Å². The minimum atomic E-state index is -0.335. The van der Waals surface area contributed by atoms with E-state index in [-0.39, 0.29) is 17.5 Å². The Bertz CT molecular complexity index is 520. The van der Waals surface area contributed by atoms with E-state index in [2.05, 4.69) is 31.4 Å². The first kappa shape index (κ1) is 15.2. The molecule has 3 amide bonds. The highest BCUT2D eigenvalue weighted by Gasteiger charge is 2.23. The van der Waals surface area contributed by atoms with Gasteiger partial charge >= 0.3 is 12.1 Å². The monoisotopic (exact) mass is 291 g/mol. The number of hydrogen-bond donors (Lipinski definition) is 2. The van der Waals surface area contributed by atoms with Crippen molar-refractivity contribution < 1.29 is 14.3 Å². The summed E-state index contributed by atoms with van der Waals surface area (Å²) < 4.78 is 4.89. The minimum Gasteiger partial charge on any atom is -0.447 e.